The van der Waals surface area contributed by atoms with Crippen molar-refractivity contribution in [2.75, 3.05) is 13.7 Å². The van der Waals surface area contributed by atoms with E-state index in [2.05, 4.69) is 24.1 Å². The van der Waals surface area contributed by atoms with Gasteiger partial charge in [-0.3, -0.25) is 0 Å². The molecule has 92 valence electrons. The fourth-order valence-corrected chi connectivity index (χ4v) is 2.54. The van der Waals surface area contributed by atoms with Gasteiger partial charge >= 0.3 is 0 Å². The van der Waals surface area contributed by atoms with Crippen molar-refractivity contribution in [3.05, 3.63) is 16.6 Å². The van der Waals surface area contributed by atoms with E-state index in [1.165, 1.54) is 5.01 Å². The molecule has 0 spiro atoms. The normalized spacial score (nSPS) is 14.9. The molecule has 4 heteroatoms. The smallest absolute Gasteiger partial charge is 0.0941 e. The van der Waals surface area contributed by atoms with E-state index in [4.69, 9.17) is 4.74 Å². The van der Waals surface area contributed by atoms with E-state index in [1.54, 1.807) is 11.3 Å². The topological polar surface area (TPSA) is 34.1 Å². The van der Waals surface area contributed by atoms with Crippen LogP contribution in [0.4, 0.5) is 0 Å². The molecule has 1 aromatic heterocycles. The molecule has 0 bridgehead atoms. The second kappa shape index (κ2) is 7.76. The lowest BCUT2D eigenvalue weighted by atomic mass is 10.0. The van der Waals surface area contributed by atoms with Crippen molar-refractivity contribution in [1.82, 2.24) is 10.3 Å². The number of thiazole rings is 1. The lowest BCUT2D eigenvalue weighted by molar-refractivity contribution is 0.0301. The van der Waals surface area contributed by atoms with E-state index in [9.17, 15) is 0 Å². The van der Waals surface area contributed by atoms with Gasteiger partial charge in [0.1, 0.15) is 0 Å². The summed E-state index contributed by atoms with van der Waals surface area (Å²) in [5.74, 6) is 0. The molecular formula is C12H22N2OS. The fourth-order valence-electron chi connectivity index (χ4n) is 1.86. The zero-order chi connectivity index (χ0) is 11.8. The minimum atomic E-state index is 0.295. The highest BCUT2D eigenvalue weighted by atomic mass is 32.1. The highest BCUT2D eigenvalue weighted by molar-refractivity contribution is 7.09. The van der Waals surface area contributed by atoms with E-state index < -0.39 is 0 Å². The van der Waals surface area contributed by atoms with Crippen LogP contribution < -0.4 is 5.32 Å². The van der Waals surface area contributed by atoms with Crippen molar-refractivity contribution >= 4 is 11.3 Å². The Morgan fingerprint density at radius 1 is 1.50 bits per heavy atom. The van der Waals surface area contributed by atoms with Gasteiger partial charge in [-0.25, -0.2) is 4.98 Å². The van der Waals surface area contributed by atoms with Crippen molar-refractivity contribution in [1.29, 1.82) is 0 Å². The predicted molar refractivity (Wildman–Crippen MR) is 69.0 cm³/mol. The Labute approximate surface area is 102 Å². The van der Waals surface area contributed by atoms with E-state index in [-0.39, 0.29) is 0 Å². The first-order valence-electron chi connectivity index (χ1n) is 5.99. The van der Waals surface area contributed by atoms with Crippen molar-refractivity contribution < 1.29 is 4.74 Å². The summed E-state index contributed by atoms with van der Waals surface area (Å²) in [5, 5.41) is 6.56. The number of nitrogens with one attached hydrogen (secondary N) is 1. The van der Waals surface area contributed by atoms with Crippen molar-refractivity contribution in [3.8, 4) is 0 Å². The minimum absolute atomic E-state index is 0.295. The molecule has 0 aromatic carbocycles. The lowest BCUT2D eigenvalue weighted by Gasteiger charge is -2.25. The summed E-state index contributed by atoms with van der Waals surface area (Å²) in [6, 6.07) is 0.367. The Kier molecular flexibility index (Phi) is 6.61. The third-order valence-electron chi connectivity index (χ3n) is 2.65. The second-order valence-corrected chi connectivity index (χ2v) is 4.79. The minimum Gasteiger partial charge on any atom is -0.377 e. The molecule has 0 aliphatic carbocycles. The van der Waals surface area contributed by atoms with Crippen LogP contribution in [-0.2, 0) is 11.2 Å². The maximum absolute atomic E-state index is 5.80. The Morgan fingerprint density at radius 2 is 2.31 bits per heavy atom. The molecule has 2 unspecified atom stereocenters. The molecule has 0 aliphatic rings. The maximum Gasteiger partial charge on any atom is 0.0941 e. The summed E-state index contributed by atoms with van der Waals surface area (Å²) in [5.41, 5.74) is 0. The number of ether oxygens (including phenoxy) is 1. The first-order valence-corrected chi connectivity index (χ1v) is 6.87. The van der Waals surface area contributed by atoms with Gasteiger partial charge in [0.25, 0.3) is 0 Å². The average molecular weight is 242 g/mol. The van der Waals surface area contributed by atoms with Crippen LogP contribution in [0, 0.1) is 0 Å². The molecule has 0 amide bonds. The summed E-state index contributed by atoms with van der Waals surface area (Å²) in [4.78, 5) is 4.33. The highest BCUT2D eigenvalue weighted by Crippen LogP contribution is 2.14. The van der Waals surface area contributed by atoms with Gasteiger partial charge in [-0.05, 0) is 20.4 Å². The van der Waals surface area contributed by atoms with Gasteiger partial charge in [0.2, 0.25) is 0 Å². The molecular weight excluding hydrogens is 220 g/mol. The van der Waals surface area contributed by atoms with Crippen LogP contribution in [-0.4, -0.2) is 30.8 Å². The lowest BCUT2D eigenvalue weighted by Crippen LogP contribution is -2.41. The Bertz CT molecular complexity index is 258. The molecule has 0 saturated heterocycles. The van der Waals surface area contributed by atoms with Gasteiger partial charge in [0.15, 0.2) is 0 Å². The molecule has 0 fully saturated rings. The highest BCUT2D eigenvalue weighted by Gasteiger charge is 2.20. The van der Waals surface area contributed by atoms with Crippen molar-refractivity contribution in [2.45, 2.75) is 45.3 Å². The van der Waals surface area contributed by atoms with Crippen LogP contribution in [0.1, 0.15) is 31.7 Å². The summed E-state index contributed by atoms with van der Waals surface area (Å²) in [7, 11) is 2.00. The molecule has 3 nitrogen and oxygen atoms in total. The third-order valence-corrected chi connectivity index (χ3v) is 3.45. The summed E-state index contributed by atoms with van der Waals surface area (Å²) in [6.07, 6.45) is 5.37. The van der Waals surface area contributed by atoms with Crippen LogP contribution in [0.15, 0.2) is 11.6 Å². The zero-order valence-corrected chi connectivity index (χ0v) is 11.2. The summed E-state index contributed by atoms with van der Waals surface area (Å²) >= 11 is 1.71. The average Bonchev–Trinajstić information content (AvgIpc) is 2.78. The standard InChI is InChI=1S/C12H22N2OS/c1-4-6-11(15-5-2)10(13-3)9-12-14-7-8-16-12/h7-8,10-11,13H,4-6,9H2,1-3H3. The molecule has 0 radical (unpaired) electrons. The first kappa shape index (κ1) is 13.6. The number of hydrogen-bond acceptors (Lipinski definition) is 4. The SMILES string of the molecule is CCCC(OCC)C(Cc1nccs1)NC. The number of nitrogens with zero attached hydrogens (tertiary/aromatic N) is 1. The fraction of sp³-hybridized carbons (Fsp3) is 0.750. The Morgan fingerprint density at radius 3 is 2.81 bits per heavy atom. The van der Waals surface area contributed by atoms with Crippen molar-refractivity contribution in [2.24, 2.45) is 0 Å². The van der Waals surface area contributed by atoms with E-state index in [1.807, 2.05) is 18.6 Å². The molecule has 16 heavy (non-hydrogen) atoms. The van der Waals surface area contributed by atoms with Gasteiger partial charge in [-0.1, -0.05) is 13.3 Å². The molecule has 2 atom stereocenters. The monoisotopic (exact) mass is 242 g/mol. The van der Waals surface area contributed by atoms with E-state index >= 15 is 0 Å². The van der Waals surface area contributed by atoms with Gasteiger partial charge in [0.05, 0.1) is 11.1 Å². The largest absolute Gasteiger partial charge is 0.377 e. The third kappa shape index (κ3) is 4.20. The second-order valence-electron chi connectivity index (χ2n) is 3.81. The molecule has 1 heterocycles. The van der Waals surface area contributed by atoms with Crippen LogP contribution in [0.3, 0.4) is 0 Å². The first-order chi connectivity index (χ1) is 7.81. The summed E-state index contributed by atoms with van der Waals surface area (Å²) in [6.45, 7) is 5.03. The Balaban J connectivity index is 2.55. The molecule has 1 N–H and O–H groups in total. The van der Waals surface area contributed by atoms with Gasteiger partial charge < -0.3 is 10.1 Å². The van der Waals surface area contributed by atoms with Gasteiger partial charge in [-0.15, -0.1) is 11.3 Å². The number of hydrogen-bond donors (Lipinski definition) is 1. The van der Waals surface area contributed by atoms with Crippen LogP contribution in [0.5, 0.6) is 0 Å². The predicted octanol–water partition coefficient (Wildman–Crippen LogP) is 2.48. The van der Waals surface area contributed by atoms with Crippen LogP contribution >= 0.6 is 11.3 Å². The Hall–Kier alpha value is -0.450. The quantitative estimate of drug-likeness (QED) is 0.760. The number of likely N-dealkylation sites (N-methyl/N-ethyl adjacent to an activating group) is 1. The number of rotatable bonds is 8. The van der Waals surface area contributed by atoms with Crippen molar-refractivity contribution in [3.63, 3.8) is 0 Å². The molecule has 0 aliphatic heterocycles. The molecule has 1 aromatic rings. The maximum atomic E-state index is 5.80. The van der Waals surface area contributed by atoms with E-state index in [0.717, 1.165) is 25.9 Å². The van der Waals surface area contributed by atoms with Crippen LogP contribution in [0.2, 0.25) is 0 Å². The van der Waals surface area contributed by atoms with Gasteiger partial charge in [0, 0.05) is 30.6 Å². The summed E-state index contributed by atoms with van der Waals surface area (Å²) < 4.78 is 5.80. The molecule has 1 rings (SSSR count). The van der Waals surface area contributed by atoms with E-state index in [0.29, 0.717) is 12.1 Å². The number of aromatic nitrogens is 1. The molecule has 0 saturated carbocycles. The van der Waals surface area contributed by atoms with Crippen LogP contribution in [0.25, 0.3) is 0 Å². The van der Waals surface area contributed by atoms with Gasteiger partial charge in [-0.2, -0.15) is 0 Å². The zero-order valence-electron chi connectivity index (χ0n) is 10.4.